The highest BCUT2D eigenvalue weighted by atomic mass is 32.2. The molecule has 21 heavy (non-hydrogen) atoms. The van der Waals surface area contributed by atoms with Crippen molar-refractivity contribution in [1.82, 2.24) is 4.98 Å². The number of benzene rings is 1. The first-order chi connectivity index (χ1) is 9.84. The van der Waals surface area contributed by atoms with Gasteiger partial charge < -0.3 is 4.74 Å². The quantitative estimate of drug-likeness (QED) is 0.641. The second kappa shape index (κ2) is 5.61. The van der Waals surface area contributed by atoms with Crippen molar-refractivity contribution in [3.05, 3.63) is 47.9 Å². The summed E-state index contributed by atoms with van der Waals surface area (Å²) in [4.78, 5) is 15.3. The van der Waals surface area contributed by atoms with E-state index in [4.69, 9.17) is 0 Å². The van der Waals surface area contributed by atoms with Gasteiger partial charge in [0.25, 0.3) is 0 Å². The molecule has 1 aromatic carbocycles. The van der Waals surface area contributed by atoms with E-state index in [2.05, 4.69) is 9.72 Å². The van der Waals surface area contributed by atoms with Gasteiger partial charge in [-0.1, -0.05) is 6.07 Å². The number of halogens is 1. The molecule has 0 N–H and O–H groups in total. The van der Waals surface area contributed by atoms with Gasteiger partial charge in [-0.15, -0.1) is 0 Å². The van der Waals surface area contributed by atoms with Crippen molar-refractivity contribution >= 4 is 15.8 Å². The Morgan fingerprint density at radius 1 is 1.29 bits per heavy atom. The molecule has 1 aromatic heterocycles. The predicted molar refractivity (Wildman–Crippen MR) is 74.1 cm³/mol. The van der Waals surface area contributed by atoms with Gasteiger partial charge in [0.15, 0.2) is 9.84 Å². The van der Waals surface area contributed by atoms with Gasteiger partial charge in [0.05, 0.1) is 23.3 Å². The molecule has 0 fully saturated rings. The number of pyridine rings is 1. The maximum atomic E-state index is 14.0. The maximum Gasteiger partial charge on any atom is 0.340 e. The zero-order chi connectivity index (χ0) is 15.6. The Labute approximate surface area is 121 Å². The SMILES string of the molecule is COC(=O)c1cc(S(C)(=O)=O)c(-c2ccccn2)cc1F. The van der Waals surface area contributed by atoms with E-state index in [0.717, 1.165) is 25.5 Å². The number of nitrogens with zero attached hydrogens (tertiary/aromatic N) is 1. The normalized spacial score (nSPS) is 11.2. The molecule has 0 spiro atoms. The van der Waals surface area contributed by atoms with Crippen LogP contribution in [-0.4, -0.2) is 32.7 Å². The third-order valence-electron chi connectivity index (χ3n) is 2.81. The second-order valence-electron chi connectivity index (χ2n) is 4.31. The van der Waals surface area contributed by atoms with Gasteiger partial charge in [-0.25, -0.2) is 17.6 Å². The molecule has 0 bridgehead atoms. The molecule has 2 aromatic rings. The summed E-state index contributed by atoms with van der Waals surface area (Å²) in [7, 11) is -2.59. The zero-order valence-electron chi connectivity index (χ0n) is 11.3. The van der Waals surface area contributed by atoms with Crippen molar-refractivity contribution in [2.75, 3.05) is 13.4 Å². The van der Waals surface area contributed by atoms with Crippen LogP contribution in [0.15, 0.2) is 41.4 Å². The molecule has 0 saturated carbocycles. The molecule has 0 unspecified atom stereocenters. The van der Waals surface area contributed by atoms with Gasteiger partial charge in [0.1, 0.15) is 5.82 Å². The van der Waals surface area contributed by atoms with Crippen molar-refractivity contribution in [2.24, 2.45) is 0 Å². The summed E-state index contributed by atoms with van der Waals surface area (Å²) in [6, 6.07) is 6.82. The molecule has 5 nitrogen and oxygen atoms in total. The summed E-state index contributed by atoms with van der Waals surface area (Å²) in [5.74, 6) is -1.81. The number of hydrogen-bond acceptors (Lipinski definition) is 5. The smallest absolute Gasteiger partial charge is 0.340 e. The fraction of sp³-hybridized carbons (Fsp3) is 0.143. The van der Waals surface area contributed by atoms with Gasteiger partial charge >= 0.3 is 5.97 Å². The summed E-state index contributed by atoms with van der Waals surface area (Å²) >= 11 is 0. The van der Waals surface area contributed by atoms with E-state index in [9.17, 15) is 17.6 Å². The molecule has 110 valence electrons. The van der Waals surface area contributed by atoms with E-state index in [-0.39, 0.29) is 10.5 Å². The molecule has 7 heteroatoms. The van der Waals surface area contributed by atoms with Gasteiger partial charge in [-0.2, -0.15) is 0 Å². The Hall–Kier alpha value is -2.28. The van der Waals surface area contributed by atoms with E-state index in [1.807, 2.05) is 0 Å². The molecular weight excluding hydrogens is 297 g/mol. The lowest BCUT2D eigenvalue weighted by atomic mass is 10.1. The topological polar surface area (TPSA) is 73.3 Å². The average Bonchev–Trinajstić information content (AvgIpc) is 2.46. The fourth-order valence-electron chi connectivity index (χ4n) is 1.85. The van der Waals surface area contributed by atoms with Crippen LogP contribution < -0.4 is 0 Å². The molecule has 0 aliphatic carbocycles. The zero-order valence-corrected chi connectivity index (χ0v) is 12.1. The van der Waals surface area contributed by atoms with Crippen LogP contribution in [0.2, 0.25) is 0 Å². The monoisotopic (exact) mass is 309 g/mol. The van der Waals surface area contributed by atoms with Crippen molar-refractivity contribution < 1.29 is 22.3 Å². The molecule has 2 rings (SSSR count). The Morgan fingerprint density at radius 2 is 2.00 bits per heavy atom. The van der Waals surface area contributed by atoms with Gasteiger partial charge in [-0.3, -0.25) is 4.98 Å². The number of carbonyl (C=O) groups is 1. The van der Waals surface area contributed by atoms with E-state index in [1.54, 1.807) is 18.2 Å². The minimum Gasteiger partial charge on any atom is -0.465 e. The minimum absolute atomic E-state index is 0.100. The Kier molecular flexibility index (Phi) is 4.04. The molecular formula is C14H12FNO4S. The van der Waals surface area contributed by atoms with E-state index >= 15 is 0 Å². The van der Waals surface area contributed by atoms with E-state index < -0.39 is 27.2 Å². The summed E-state index contributed by atoms with van der Waals surface area (Å²) < 4.78 is 42.3. The lowest BCUT2D eigenvalue weighted by molar-refractivity contribution is 0.0595. The predicted octanol–water partition coefficient (Wildman–Crippen LogP) is 2.08. The first-order valence-electron chi connectivity index (χ1n) is 5.88. The molecule has 0 aliphatic heterocycles. The first-order valence-corrected chi connectivity index (χ1v) is 7.77. The van der Waals surface area contributed by atoms with E-state index in [1.165, 1.54) is 6.20 Å². The highest BCUT2D eigenvalue weighted by Gasteiger charge is 2.22. The average molecular weight is 309 g/mol. The number of methoxy groups -OCH3 is 1. The summed E-state index contributed by atoms with van der Waals surface area (Å²) in [5, 5.41) is 0. The minimum atomic E-state index is -3.68. The lowest BCUT2D eigenvalue weighted by Gasteiger charge is -2.10. The van der Waals surface area contributed by atoms with Crippen LogP contribution in [0.25, 0.3) is 11.3 Å². The molecule has 0 amide bonds. The number of esters is 1. The molecule has 0 radical (unpaired) electrons. The lowest BCUT2D eigenvalue weighted by Crippen LogP contribution is -2.09. The fourth-order valence-corrected chi connectivity index (χ4v) is 2.74. The Balaban J connectivity index is 2.77. The van der Waals surface area contributed by atoms with Crippen molar-refractivity contribution in [3.63, 3.8) is 0 Å². The van der Waals surface area contributed by atoms with Crippen LogP contribution in [0, 0.1) is 5.82 Å². The van der Waals surface area contributed by atoms with E-state index in [0.29, 0.717) is 5.69 Å². The van der Waals surface area contributed by atoms with Crippen LogP contribution in [-0.2, 0) is 14.6 Å². The van der Waals surface area contributed by atoms with Gasteiger partial charge in [0.2, 0.25) is 0 Å². The summed E-state index contributed by atoms with van der Waals surface area (Å²) in [5.41, 5.74) is -0.0332. The standard InChI is InChI=1S/C14H12FNO4S/c1-20-14(17)9-8-13(21(2,18)19)10(7-11(9)15)12-5-3-4-6-16-12/h3-8H,1-2H3. The van der Waals surface area contributed by atoms with Crippen molar-refractivity contribution in [1.29, 1.82) is 0 Å². The number of sulfone groups is 1. The number of hydrogen-bond donors (Lipinski definition) is 0. The largest absolute Gasteiger partial charge is 0.465 e. The Morgan fingerprint density at radius 3 is 2.52 bits per heavy atom. The number of rotatable bonds is 3. The van der Waals surface area contributed by atoms with Crippen LogP contribution in [0.3, 0.4) is 0 Å². The second-order valence-corrected chi connectivity index (χ2v) is 6.29. The van der Waals surface area contributed by atoms with Gasteiger partial charge in [-0.05, 0) is 24.3 Å². The van der Waals surface area contributed by atoms with Crippen LogP contribution in [0.1, 0.15) is 10.4 Å². The number of ether oxygens (including phenoxy) is 1. The maximum absolute atomic E-state index is 14.0. The van der Waals surface area contributed by atoms with Gasteiger partial charge in [0, 0.05) is 18.0 Å². The molecule has 0 aliphatic rings. The molecule has 0 atom stereocenters. The summed E-state index contributed by atoms with van der Waals surface area (Å²) in [6.45, 7) is 0. The third kappa shape index (κ3) is 3.08. The third-order valence-corrected chi connectivity index (χ3v) is 3.95. The summed E-state index contributed by atoms with van der Waals surface area (Å²) in [6.07, 6.45) is 2.45. The molecule has 0 saturated heterocycles. The van der Waals surface area contributed by atoms with Crippen LogP contribution in [0.5, 0.6) is 0 Å². The number of aromatic nitrogens is 1. The first kappa shape index (κ1) is 15.1. The molecule has 1 heterocycles. The van der Waals surface area contributed by atoms with Crippen LogP contribution in [0.4, 0.5) is 4.39 Å². The van der Waals surface area contributed by atoms with Crippen molar-refractivity contribution in [2.45, 2.75) is 4.90 Å². The number of carbonyl (C=O) groups excluding carboxylic acids is 1. The highest BCUT2D eigenvalue weighted by molar-refractivity contribution is 7.90. The highest BCUT2D eigenvalue weighted by Crippen LogP contribution is 2.29. The van der Waals surface area contributed by atoms with Crippen molar-refractivity contribution in [3.8, 4) is 11.3 Å². The Bertz CT molecular complexity index is 788. The van der Waals surface area contributed by atoms with Crippen LogP contribution >= 0.6 is 0 Å².